The van der Waals surface area contributed by atoms with Gasteiger partial charge in [0.2, 0.25) is 5.78 Å². The summed E-state index contributed by atoms with van der Waals surface area (Å²) in [4.78, 5) is 44.2. The maximum absolute atomic E-state index is 14.0. The number of hydrogen-bond donors (Lipinski definition) is 7. The smallest absolute Gasteiger partial charge is 0.255 e. The van der Waals surface area contributed by atoms with Gasteiger partial charge in [0.05, 0.1) is 23.0 Å². The largest absolute Gasteiger partial charge is 0.511 e. The van der Waals surface area contributed by atoms with Gasteiger partial charge >= 0.3 is 0 Å². The number of thiazole rings is 1. The number of aromatic nitrogens is 1. The number of phenolic OH excluding ortho intramolecular Hbond substituents is 1. The summed E-state index contributed by atoms with van der Waals surface area (Å²) >= 11 is 1.43. The van der Waals surface area contributed by atoms with Crippen LogP contribution in [0.15, 0.2) is 40.2 Å². The number of phenols is 1. The molecule has 1 heterocycles. The Bertz CT molecular complexity index is 1800. The van der Waals surface area contributed by atoms with E-state index >= 15 is 0 Å². The number of benzene rings is 1. The van der Waals surface area contributed by atoms with Gasteiger partial charge in [-0.05, 0) is 66.4 Å². The Labute approximate surface area is 262 Å². The molecule has 45 heavy (non-hydrogen) atoms. The third-order valence-corrected chi connectivity index (χ3v) is 12.8. The van der Waals surface area contributed by atoms with Crippen LogP contribution >= 0.6 is 11.3 Å². The summed E-state index contributed by atoms with van der Waals surface area (Å²) < 4.78 is 0. The van der Waals surface area contributed by atoms with Gasteiger partial charge in [-0.1, -0.05) is 19.9 Å². The van der Waals surface area contributed by atoms with E-state index in [1.807, 2.05) is 0 Å². The molecule has 1 spiro atoms. The summed E-state index contributed by atoms with van der Waals surface area (Å²) in [5.74, 6) is -6.26. The first-order chi connectivity index (χ1) is 21.3. The highest BCUT2D eigenvalue weighted by Gasteiger charge is 2.68. The zero-order chi connectivity index (χ0) is 31.9. The van der Waals surface area contributed by atoms with E-state index in [0.717, 1.165) is 17.5 Å². The normalized spacial score (nSPS) is 39.6. The average Bonchev–Trinajstić information content (AvgIpc) is 3.28. The fraction of sp³-hybridized carbons (Fsp3) is 0.515. The molecule has 6 aliphatic carbocycles. The number of anilines is 2. The van der Waals surface area contributed by atoms with Crippen LogP contribution in [-0.2, 0) is 9.59 Å². The molecule has 0 radical (unpaired) electrons. The van der Waals surface area contributed by atoms with Gasteiger partial charge in [0.25, 0.3) is 5.91 Å². The fourth-order valence-electron chi connectivity index (χ4n) is 10.2. The molecule has 0 aliphatic heterocycles. The highest BCUT2D eigenvalue weighted by atomic mass is 32.1. The van der Waals surface area contributed by atoms with Gasteiger partial charge in [0, 0.05) is 35.1 Å². The van der Waals surface area contributed by atoms with E-state index < -0.39 is 76.0 Å². The molecule has 1 aromatic carbocycles. The quantitative estimate of drug-likeness (QED) is 0.191. The van der Waals surface area contributed by atoms with Crippen LogP contribution in [0.1, 0.15) is 79.4 Å². The molecule has 3 fully saturated rings. The van der Waals surface area contributed by atoms with Crippen LogP contribution in [0.3, 0.4) is 0 Å². The molecule has 11 nitrogen and oxygen atoms in total. The summed E-state index contributed by atoms with van der Waals surface area (Å²) in [6.45, 7) is 4.02. The van der Waals surface area contributed by atoms with Crippen LogP contribution in [-0.4, -0.2) is 59.7 Å². The number of aliphatic hydroxyl groups is 4. The van der Waals surface area contributed by atoms with Gasteiger partial charge in [-0.3, -0.25) is 14.4 Å². The summed E-state index contributed by atoms with van der Waals surface area (Å²) in [6.07, 6.45) is 3.01. The van der Waals surface area contributed by atoms with Crippen molar-refractivity contribution in [2.45, 2.75) is 69.5 Å². The number of fused-ring (bicyclic) bond motifs is 4. The lowest BCUT2D eigenvalue weighted by Crippen LogP contribution is -2.62. The summed E-state index contributed by atoms with van der Waals surface area (Å²) in [5, 5.41) is 62.0. The number of rotatable bonds is 4. The number of nitrogens with two attached hydrogens (primary N) is 1. The Hall–Kier alpha value is -3.74. The van der Waals surface area contributed by atoms with Crippen LogP contribution in [0.5, 0.6) is 5.75 Å². The van der Waals surface area contributed by atoms with E-state index in [1.54, 1.807) is 19.1 Å². The highest BCUT2D eigenvalue weighted by molar-refractivity contribution is 7.13. The fourth-order valence-corrected chi connectivity index (χ4v) is 10.9. The number of carbonyl (C=O) groups is 3. The van der Waals surface area contributed by atoms with E-state index in [-0.39, 0.29) is 17.0 Å². The van der Waals surface area contributed by atoms with E-state index in [1.165, 1.54) is 37.0 Å². The lowest BCUT2D eigenvalue weighted by atomic mass is 9.56. The van der Waals surface area contributed by atoms with Crippen molar-refractivity contribution in [3.8, 4) is 5.75 Å². The van der Waals surface area contributed by atoms with Crippen LogP contribution in [0.25, 0.3) is 0 Å². The van der Waals surface area contributed by atoms with Crippen molar-refractivity contribution in [1.82, 2.24) is 4.98 Å². The van der Waals surface area contributed by atoms with E-state index in [0.29, 0.717) is 27.9 Å². The standard InChI is InChI=1S/C33H35N3O8S/c1-11-5-13-6-14-9-32(14,8-13)24(11)18-10-45-31(36-18)35-17-4-3-15-12(2)20-23(27(40)21(15)26(17)39)29(42)33(44)16(25(20)38)7-19(37)22(28(33)41)30(34)43/h3-4,10-14,16,20,24-25,37-39,42,44H,5-9H2,1-2H3,(H2,34,43)(H,35,36)/t11?,12-,13?,14?,16+,20+,24?,25+,32?,33+/m0/s1. The molecule has 0 saturated heterocycles. The SMILES string of the molecule is CC1CC2CC3CC3(C2)C1c1csc(Nc2ccc3c(c2O)C(=O)C2=C(O)[C@]4(O)C(=O)C(C(N)=O)=C(O)C[C@@H]4[C@@H](O)[C@@H]2[C@H]3C)n1. The Morgan fingerprint density at radius 3 is 2.62 bits per heavy atom. The van der Waals surface area contributed by atoms with E-state index in [2.05, 4.69) is 17.6 Å². The highest BCUT2D eigenvalue weighted by Crippen LogP contribution is 2.76. The second-order valence-electron chi connectivity index (χ2n) is 14.2. The van der Waals surface area contributed by atoms with Gasteiger partial charge in [0.1, 0.15) is 17.1 Å². The predicted octanol–water partition coefficient (Wildman–Crippen LogP) is 3.85. The van der Waals surface area contributed by atoms with E-state index in [9.17, 15) is 39.9 Å². The number of primary amides is 1. The summed E-state index contributed by atoms with van der Waals surface area (Å²) in [7, 11) is 0. The molecule has 236 valence electrons. The molecule has 2 bridgehead atoms. The number of allylic oxidation sites excluding steroid dienone is 1. The Kier molecular flexibility index (Phi) is 5.85. The van der Waals surface area contributed by atoms with Gasteiger partial charge < -0.3 is 36.6 Å². The van der Waals surface area contributed by atoms with Crippen molar-refractivity contribution in [2.75, 3.05) is 5.32 Å². The molecule has 8 rings (SSSR count). The molecule has 8 N–H and O–H groups in total. The average molecular weight is 634 g/mol. The first kappa shape index (κ1) is 28.7. The van der Waals surface area contributed by atoms with Crippen LogP contribution in [0.4, 0.5) is 10.8 Å². The Morgan fingerprint density at radius 1 is 1.13 bits per heavy atom. The first-order valence-electron chi connectivity index (χ1n) is 15.5. The maximum Gasteiger partial charge on any atom is 0.255 e. The predicted molar refractivity (Wildman–Crippen MR) is 162 cm³/mol. The number of aromatic hydroxyl groups is 1. The van der Waals surface area contributed by atoms with Crippen molar-refractivity contribution in [3.05, 3.63) is 57.0 Å². The van der Waals surface area contributed by atoms with Gasteiger partial charge in [0.15, 0.2) is 22.3 Å². The van der Waals surface area contributed by atoms with Crippen molar-refractivity contribution in [1.29, 1.82) is 0 Å². The zero-order valence-electron chi connectivity index (χ0n) is 24.8. The van der Waals surface area contributed by atoms with Crippen molar-refractivity contribution >= 4 is 39.6 Å². The molecule has 1 aromatic heterocycles. The summed E-state index contributed by atoms with van der Waals surface area (Å²) in [6, 6.07) is 3.30. The molecular formula is C33H35N3O8S. The number of hydrogen-bond acceptors (Lipinski definition) is 11. The second-order valence-corrected chi connectivity index (χ2v) is 15.1. The number of aliphatic hydroxyl groups excluding tert-OH is 3. The lowest BCUT2D eigenvalue weighted by molar-refractivity contribution is -0.154. The number of amides is 1. The monoisotopic (exact) mass is 633 g/mol. The number of Topliss-reactive ketones (excluding diaryl/α,β-unsaturated/α-hetero) is 2. The first-order valence-corrected chi connectivity index (χ1v) is 16.4. The third kappa shape index (κ3) is 3.58. The number of nitrogens with zero attached hydrogens (tertiary/aromatic N) is 1. The number of ketones is 2. The summed E-state index contributed by atoms with van der Waals surface area (Å²) in [5.41, 5.74) is 3.01. The molecule has 12 heteroatoms. The van der Waals surface area contributed by atoms with E-state index in [4.69, 9.17) is 10.7 Å². The molecule has 10 atom stereocenters. The lowest BCUT2D eigenvalue weighted by Gasteiger charge is -2.50. The number of nitrogens with one attached hydrogen (secondary N) is 1. The topological polar surface area (TPSA) is 203 Å². The van der Waals surface area contributed by atoms with Crippen molar-refractivity contribution in [2.24, 2.45) is 40.7 Å². The molecular weight excluding hydrogens is 598 g/mol. The zero-order valence-corrected chi connectivity index (χ0v) is 25.6. The minimum atomic E-state index is -2.87. The minimum Gasteiger partial charge on any atom is -0.511 e. The molecule has 6 aliphatic rings. The van der Waals surface area contributed by atoms with Gasteiger partial charge in [-0.2, -0.15) is 0 Å². The Morgan fingerprint density at radius 2 is 1.89 bits per heavy atom. The van der Waals surface area contributed by atoms with Crippen molar-refractivity contribution < 1.29 is 39.9 Å². The molecule has 2 aromatic rings. The maximum atomic E-state index is 14.0. The Balaban J connectivity index is 1.15. The molecule has 5 unspecified atom stereocenters. The van der Waals surface area contributed by atoms with Gasteiger partial charge in [-0.25, -0.2) is 4.98 Å². The molecule has 1 amide bonds. The third-order valence-electron chi connectivity index (χ3n) is 12.0. The van der Waals surface area contributed by atoms with Crippen LogP contribution in [0.2, 0.25) is 0 Å². The van der Waals surface area contributed by atoms with Crippen LogP contribution in [0, 0.1) is 35.0 Å². The van der Waals surface area contributed by atoms with Crippen LogP contribution < -0.4 is 11.1 Å². The minimum absolute atomic E-state index is 0.134. The van der Waals surface area contributed by atoms with Gasteiger partial charge in [-0.15, -0.1) is 11.3 Å². The second kappa shape index (κ2) is 9.17. The number of carbonyl (C=O) groups excluding carboxylic acids is 3. The van der Waals surface area contributed by atoms with Crippen molar-refractivity contribution in [3.63, 3.8) is 0 Å². The molecule has 3 saturated carbocycles.